The molecule has 1 aromatic rings. The van der Waals surface area contributed by atoms with E-state index < -0.39 is 12.3 Å². The molecule has 1 heterocycles. The third-order valence-corrected chi connectivity index (χ3v) is 2.76. The van der Waals surface area contributed by atoms with Crippen LogP contribution in [0, 0.1) is 0 Å². The van der Waals surface area contributed by atoms with Crippen molar-refractivity contribution in [2.45, 2.75) is 44.1 Å². The molecule has 0 saturated heterocycles. The zero-order chi connectivity index (χ0) is 10.8. The van der Waals surface area contributed by atoms with Crippen molar-refractivity contribution >= 4 is 12.4 Å². The first kappa shape index (κ1) is 13.3. The summed E-state index contributed by atoms with van der Waals surface area (Å²) in [6.45, 7) is 0. The molecule has 1 saturated carbocycles. The van der Waals surface area contributed by atoms with E-state index >= 15 is 0 Å². The van der Waals surface area contributed by atoms with Gasteiger partial charge in [0.1, 0.15) is 0 Å². The van der Waals surface area contributed by atoms with E-state index in [-0.39, 0.29) is 24.4 Å². The first-order valence-electron chi connectivity index (χ1n) is 5.04. The lowest BCUT2D eigenvalue weighted by atomic mass is 9.86. The summed E-state index contributed by atoms with van der Waals surface area (Å²) in [7, 11) is 0. The molecule has 1 aliphatic rings. The van der Waals surface area contributed by atoms with Gasteiger partial charge >= 0.3 is 6.43 Å². The van der Waals surface area contributed by atoms with Crippen LogP contribution in [0.15, 0.2) is 4.42 Å². The summed E-state index contributed by atoms with van der Waals surface area (Å²) < 4.78 is 29.3. The van der Waals surface area contributed by atoms with Crippen LogP contribution in [0.2, 0.25) is 0 Å². The second kappa shape index (κ2) is 5.54. The average molecular weight is 254 g/mol. The van der Waals surface area contributed by atoms with E-state index in [2.05, 4.69) is 10.2 Å². The van der Waals surface area contributed by atoms with Crippen LogP contribution in [-0.4, -0.2) is 16.2 Å². The van der Waals surface area contributed by atoms with Crippen molar-refractivity contribution < 1.29 is 13.2 Å². The number of aromatic nitrogens is 2. The highest BCUT2D eigenvalue weighted by Crippen LogP contribution is 2.32. The standard InChI is InChI=1S/C9H13F2N3O.ClH/c10-7(11)9-14-13-8(15-9)5-1-3-6(12)4-2-5;/h5-7H,1-4,12H2;1H/t5-,6-;. The lowest BCUT2D eigenvalue weighted by Crippen LogP contribution is -2.25. The summed E-state index contributed by atoms with van der Waals surface area (Å²) in [6, 6.07) is 0.221. The smallest absolute Gasteiger partial charge is 0.314 e. The van der Waals surface area contributed by atoms with Crippen molar-refractivity contribution in [1.82, 2.24) is 10.2 Å². The molecule has 7 heteroatoms. The SMILES string of the molecule is Cl.N[C@H]1CC[C@H](c2nnc(C(F)F)o2)CC1. The Kier molecular flexibility index (Phi) is 4.61. The van der Waals surface area contributed by atoms with Crippen molar-refractivity contribution in [2.75, 3.05) is 0 Å². The highest BCUT2D eigenvalue weighted by atomic mass is 35.5. The van der Waals surface area contributed by atoms with E-state index in [1.54, 1.807) is 0 Å². The van der Waals surface area contributed by atoms with E-state index in [1.807, 2.05) is 0 Å². The fourth-order valence-electron chi connectivity index (χ4n) is 1.87. The molecular weight excluding hydrogens is 240 g/mol. The Morgan fingerprint density at radius 3 is 2.31 bits per heavy atom. The van der Waals surface area contributed by atoms with Crippen LogP contribution in [0.25, 0.3) is 0 Å². The normalized spacial score (nSPS) is 25.5. The van der Waals surface area contributed by atoms with E-state index in [0.717, 1.165) is 25.7 Å². The van der Waals surface area contributed by atoms with Crippen LogP contribution in [0.3, 0.4) is 0 Å². The van der Waals surface area contributed by atoms with Gasteiger partial charge in [0.25, 0.3) is 5.89 Å². The Morgan fingerprint density at radius 2 is 1.81 bits per heavy atom. The summed E-state index contributed by atoms with van der Waals surface area (Å²) in [4.78, 5) is 0. The van der Waals surface area contributed by atoms with Crippen molar-refractivity contribution in [2.24, 2.45) is 5.73 Å². The van der Waals surface area contributed by atoms with E-state index in [1.165, 1.54) is 0 Å². The van der Waals surface area contributed by atoms with Crippen LogP contribution in [0.1, 0.15) is 49.8 Å². The van der Waals surface area contributed by atoms with Crippen LogP contribution < -0.4 is 5.73 Å². The highest BCUT2D eigenvalue weighted by molar-refractivity contribution is 5.85. The second-order valence-corrected chi connectivity index (χ2v) is 3.89. The molecule has 1 aromatic heterocycles. The molecule has 2 rings (SSSR count). The van der Waals surface area contributed by atoms with Gasteiger partial charge in [-0.3, -0.25) is 0 Å². The third kappa shape index (κ3) is 2.89. The molecule has 0 aliphatic heterocycles. The zero-order valence-corrected chi connectivity index (χ0v) is 9.42. The summed E-state index contributed by atoms with van der Waals surface area (Å²) >= 11 is 0. The molecule has 0 amide bonds. The van der Waals surface area contributed by atoms with E-state index in [0.29, 0.717) is 5.89 Å². The van der Waals surface area contributed by atoms with Gasteiger partial charge in [-0.05, 0) is 25.7 Å². The maximum absolute atomic E-state index is 12.2. The Balaban J connectivity index is 0.00000128. The lowest BCUT2D eigenvalue weighted by Gasteiger charge is -2.23. The predicted molar refractivity (Wildman–Crippen MR) is 55.7 cm³/mol. The van der Waals surface area contributed by atoms with Gasteiger partial charge < -0.3 is 10.2 Å². The molecule has 0 radical (unpaired) electrons. The van der Waals surface area contributed by atoms with Crippen molar-refractivity contribution in [3.05, 3.63) is 11.8 Å². The van der Waals surface area contributed by atoms with Crippen LogP contribution in [-0.2, 0) is 0 Å². The molecule has 2 N–H and O–H groups in total. The summed E-state index contributed by atoms with van der Waals surface area (Å²) in [5.41, 5.74) is 5.74. The fraction of sp³-hybridized carbons (Fsp3) is 0.778. The second-order valence-electron chi connectivity index (χ2n) is 3.89. The number of halogens is 3. The summed E-state index contributed by atoms with van der Waals surface area (Å²) in [5, 5.41) is 6.96. The van der Waals surface area contributed by atoms with Gasteiger partial charge in [-0.1, -0.05) is 0 Å². The molecule has 0 spiro atoms. The van der Waals surface area contributed by atoms with Gasteiger partial charge in [0.15, 0.2) is 0 Å². The van der Waals surface area contributed by atoms with Crippen LogP contribution in [0.4, 0.5) is 8.78 Å². The number of hydrogen-bond donors (Lipinski definition) is 1. The molecular formula is C9H14ClF2N3O. The number of hydrogen-bond acceptors (Lipinski definition) is 4. The van der Waals surface area contributed by atoms with Crippen molar-refractivity contribution in [3.63, 3.8) is 0 Å². The summed E-state index contributed by atoms with van der Waals surface area (Å²) in [5.74, 6) is -0.151. The van der Waals surface area contributed by atoms with Crippen LogP contribution in [0.5, 0.6) is 0 Å². The topological polar surface area (TPSA) is 64.9 Å². The molecule has 0 aromatic carbocycles. The Hall–Kier alpha value is -0.750. The number of nitrogens with two attached hydrogens (primary N) is 1. The largest absolute Gasteiger partial charge is 0.419 e. The minimum absolute atomic E-state index is 0. The molecule has 0 bridgehead atoms. The molecule has 0 unspecified atom stereocenters. The summed E-state index contributed by atoms with van der Waals surface area (Å²) in [6.07, 6.45) is 0.767. The molecule has 92 valence electrons. The lowest BCUT2D eigenvalue weighted by molar-refractivity contribution is 0.112. The molecule has 0 atom stereocenters. The van der Waals surface area contributed by atoms with E-state index in [4.69, 9.17) is 10.2 Å². The average Bonchev–Trinajstić information content (AvgIpc) is 2.68. The van der Waals surface area contributed by atoms with Gasteiger partial charge in [0, 0.05) is 12.0 Å². The maximum atomic E-state index is 12.2. The van der Waals surface area contributed by atoms with Gasteiger partial charge in [-0.25, -0.2) is 0 Å². The van der Waals surface area contributed by atoms with Crippen LogP contribution >= 0.6 is 12.4 Å². The van der Waals surface area contributed by atoms with Gasteiger partial charge in [0.2, 0.25) is 5.89 Å². The fourth-order valence-corrected chi connectivity index (χ4v) is 1.87. The molecule has 4 nitrogen and oxygen atoms in total. The quantitative estimate of drug-likeness (QED) is 0.879. The number of nitrogens with zero attached hydrogens (tertiary/aromatic N) is 2. The Bertz CT molecular complexity index is 326. The van der Waals surface area contributed by atoms with Crippen molar-refractivity contribution in [1.29, 1.82) is 0 Å². The number of rotatable bonds is 2. The van der Waals surface area contributed by atoms with Gasteiger partial charge in [-0.15, -0.1) is 22.6 Å². The minimum Gasteiger partial charge on any atom is -0.419 e. The first-order valence-corrected chi connectivity index (χ1v) is 5.04. The molecule has 1 aliphatic carbocycles. The van der Waals surface area contributed by atoms with Crippen molar-refractivity contribution in [3.8, 4) is 0 Å². The van der Waals surface area contributed by atoms with Gasteiger partial charge in [-0.2, -0.15) is 8.78 Å². The molecule has 16 heavy (non-hydrogen) atoms. The molecule has 1 fully saturated rings. The Morgan fingerprint density at radius 1 is 1.19 bits per heavy atom. The maximum Gasteiger partial charge on any atom is 0.314 e. The van der Waals surface area contributed by atoms with E-state index in [9.17, 15) is 8.78 Å². The minimum atomic E-state index is -2.68. The predicted octanol–water partition coefficient (Wildman–Crippen LogP) is 2.41. The third-order valence-electron chi connectivity index (χ3n) is 2.76. The first-order chi connectivity index (χ1) is 7.16. The monoisotopic (exact) mass is 253 g/mol. The van der Waals surface area contributed by atoms with Gasteiger partial charge in [0.05, 0.1) is 0 Å². The Labute approximate surface area is 98.0 Å². The zero-order valence-electron chi connectivity index (χ0n) is 8.60. The number of alkyl halides is 2. The highest BCUT2D eigenvalue weighted by Gasteiger charge is 2.26.